The summed E-state index contributed by atoms with van der Waals surface area (Å²) in [6, 6.07) is 5.81. The van der Waals surface area contributed by atoms with E-state index in [-0.39, 0.29) is 11.9 Å². The van der Waals surface area contributed by atoms with E-state index >= 15 is 0 Å². The molecule has 25 heavy (non-hydrogen) atoms. The lowest BCUT2D eigenvalue weighted by Crippen LogP contribution is -2.44. The van der Waals surface area contributed by atoms with Crippen LogP contribution in [0.1, 0.15) is 42.0 Å². The first-order valence-electron chi connectivity index (χ1n) is 8.81. The largest absolute Gasteiger partial charge is 0.335 e. The quantitative estimate of drug-likeness (QED) is 0.732. The zero-order chi connectivity index (χ0) is 17.2. The SMILES string of the molecule is Cc1nccn1CCC1CCCCN1C(=O)c1cccc2ncnn12. The zero-order valence-electron chi connectivity index (χ0n) is 14.4. The number of fused-ring (bicyclic) bond motifs is 1. The van der Waals surface area contributed by atoms with Crippen molar-refractivity contribution in [3.05, 3.63) is 48.4 Å². The van der Waals surface area contributed by atoms with E-state index in [0.717, 1.165) is 38.2 Å². The first-order valence-corrected chi connectivity index (χ1v) is 8.81. The van der Waals surface area contributed by atoms with Gasteiger partial charge in [-0.3, -0.25) is 4.79 Å². The van der Waals surface area contributed by atoms with Crippen molar-refractivity contribution in [2.75, 3.05) is 6.54 Å². The molecule has 1 atom stereocenters. The Morgan fingerprint density at radius 1 is 1.28 bits per heavy atom. The summed E-state index contributed by atoms with van der Waals surface area (Å²) >= 11 is 0. The van der Waals surface area contributed by atoms with E-state index in [1.165, 1.54) is 12.7 Å². The van der Waals surface area contributed by atoms with E-state index in [0.29, 0.717) is 11.3 Å². The molecule has 0 bridgehead atoms. The number of amides is 1. The summed E-state index contributed by atoms with van der Waals surface area (Å²) in [5.41, 5.74) is 1.29. The average molecular weight is 338 g/mol. The Morgan fingerprint density at radius 2 is 2.20 bits per heavy atom. The minimum atomic E-state index is 0.0446. The second-order valence-electron chi connectivity index (χ2n) is 6.55. The van der Waals surface area contributed by atoms with Gasteiger partial charge in [0.2, 0.25) is 0 Å². The van der Waals surface area contributed by atoms with Gasteiger partial charge in [0.1, 0.15) is 17.8 Å². The van der Waals surface area contributed by atoms with Gasteiger partial charge in [0.25, 0.3) is 5.91 Å². The van der Waals surface area contributed by atoms with Crippen molar-refractivity contribution in [3.8, 4) is 0 Å². The molecule has 3 aromatic heterocycles. The highest BCUT2D eigenvalue weighted by molar-refractivity contribution is 5.93. The molecular formula is C18H22N6O. The topological polar surface area (TPSA) is 68.3 Å². The second-order valence-corrected chi connectivity index (χ2v) is 6.55. The van der Waals surface area contributed by atoms with Gasteiger partial charge >= 0.3 is 0 Å². The number of carbonyl (C=O) groups is 1. The molecular weight excluding hydrogens is 316 g/mol. The van der Waals surface area contributed by atoms with E-state index in [4.69, 9.17) is 0 Å². The van der Waals surface area contributed by atoms with Crippen molar-refractivity contribution >= 4 is 11.6 Å². The van der Waals surface area contributed by atoms with Gasteiger partial charge < -0.3 is 9.47 Å². The molecule has 0 radical (unpaired) electrons. The molecule has 7 nitrogen and oxygen atoms in total. The summed E-state index contributed by atoms with van der Waals surface area (Å²) in [6.45, 7) is 3.69. The Morgan fingerprint density at radius 3 is 3.04 bits per heavy atom. The molecule has 0 aliphatic carbocycles. The van der Waals surface area contributed by atoms with Crippen molar-refractivity contribution in [1.29, 1.82) is 0 Å². The maximum absolute atomic E-state index is 13.2. The van der Waals surface area contributed by atoms with E-state index in [2.05, 4.69) is 19.6 Å². The number of nitrogens with zero attached hydrogens (tertiary/aromatic N) is 6. The van der Waals surface area contributed by atoms with E-state index in [1.807, 2.05) is 42.4 Å². The molecule has 4 rings (SSSR count). The van der Waals surface area contributed by atoms with Crippen LogP contribution in [-0.4, -0.2) is 47.5 Å². The monoisotopic (exact) mass is 338 g/mol. The number of rotatable bonds is 4. The van der Waals surface area contributed by atoms with E-state index < -0.39 is 0 Å². The summed E-state index contributed by atoms with van der Waals surface area (Å²) in [6.07, 6.45) is 9.53. The fraction of sp³-hybridized carbons (Fsp3) is 0.444. The number of aromatic nitrogens is 5. The fourth-order valence-electron chi connectivity index (χ4n) is 3.65. The number of carbonyl (C=O) groups excluding carboxylic acids is 1. The smallest absolute Gasteiger partial charge is 0.272 e. The summed E-state index contributed by atoms with van der Waals surface area (Å²) in [4.78, 5) is 23.6. The molecule has 1 amide bonds. The van der Waals surface area contributed by atoms with Gasteiger partial charge in [0.15, 0.2) is 5.65 Å². The fourth-order valence-corrected chi connectivity index (χ4v) is 3.65. The lowest BCUT2D eigenvalue weighted by Gasteiger charge is -2.36. The standard InChI is InChI=1S/C18H22N6O/c1-14-19-9-12-22(14)11-8-15-5-2-3-10-23(15)18(25)16-6-4-7-17-20-13-21-24(16)17/h4,6-7,9,12-13,15H,2-3,5,8,10-11H2,1H3. The molecule has 1 aliphatic heterocycles. The maximum atomic E-state index is 13.2. The minimum Gasteiger partial charge on any atom is -0.335 e. The predicted octanol–water partition coefficient (Wildman–Crippen LogP) is 2.32. The highest BCUT2D eigenvalue weighted by Crippen LogP contribution is 2.23. The van der Waals surface area contributed by atoms with Crippen LogP contribution in [-0.2, 0) is 6.54 Å². The number of likely N-dealkylation sites (tertiary alicyclic amines) is 1. The molecule has 7 heteroatoms. The Kier molecular flexibility index (Phi) is 4.21. The third kappa shape index (κ3) is 3.01. The molecule has 4 heterocycles. The first kappa shape index (κ1) is 15.8. The van der Waals surface area contributed by atoms with Crippen LogP contribution < -0.4 is 0 Å². The third-order valence-electron chi connectivity index (χ3n) is 5.04. The molecule has 0 N–H and O–H groups in total. The average Bonchev–Trinajstić information content (AvgIpc) is 3.28. The van der Waals surface area contributed by atoms with Crippen molar-refractivity contribution in [3.63, 3.8) is 0 Å². The number of aryl methyl sites for hydroxylation is 2. The molecule has 0 saturated carbocycles. The van der Waals surface area contributed by atoms with Gasteiger partial charge in [0.05, 0.1) is 0 Å². The highest BCUT2D eigenvalue weighted by atomic mass is 16.2. The van der Waals surface area contributed by atoms with Gasteiger partial charge in [-0.15, -0.1) is 0 Å². The van der Waals surface area contributed by atoms with Gasteiger partial charge in [-0.05, 0) is 44.7 Å². The Hall–Kier alpha value is -2.70. The van der Waals surface area contributed by atoms with Crippen LogP contribution in [0.15, 0.2) is 36.9 Å². The van der Waals surface area contributed by atoms with Gasteiger partial charge in [0, 0.05) is 31.5 Å². The molecule has 1 aliphatic rings. The lowest BCUT2D eigenvalue weighted by molar-refractivity contribution is 0.0586. The lowest BCUT2D eigenvalue weighted by atomic mass is 9.98. The molecule has 0 spiro atoms. The zero-order valence-corrected chi connectivity index (χ0v) is 14.4. The minimum absolute atomic E-state index is 0.0446. The van der Waals surface area contributed by atoms with E-state index in [1.54, 1.807) is 4.52 Å². The van der Waals surface area contributed by atoms with Crippen LogP contribution in [0.2, 0.25) is 0 Å². The van der Waals surface area contributed by atoms with Crippen LogP contribution in [0.3, 0.4) is 0 Å². The predicted molar refractivity (Wildman–Crippen MR) is 93.2 cm³/mol. The van der Waals surface area contributed by atoms with Crippen LogP contribution in [0.25, 0.3) is 5.65 Å². The van der Waals surface area contributed by atoms with E-state index in [9.17, 15) is 4.79 Å². The van der Waals surface area contributed by atoms with Crippen molar-refractivity contribution in [2.45, 2.75) is 45.2 Å². The van der Waals surface area contributed by atoms with Crippen molar-refractivity contribution in [2.24, 2.45) is 0 Å². The third-order valence-corrected chi connectivity index (χ3v) is 5.04. The Labute approximate surface area is 146 Å². The Balaban J connectivity index is 1.55. The van der Waals surface area contributed by atoms with Gasteiger partial charge in [-0.2, -0.15) is 5.10 Å². The molecule has 1 fully saturated rings. The van der Waals surface area contributed by atoms with Crippen molar-refractivity contribution < 1.29 is 4.79 Å². The summed E-state index contributed by atoms with van der Waals surface area (Å²) in [7, 11) is 0. The molecule has 1 unspecified atom stereocenters. The number of piperidine rings is 1. The second kappa shape index (κ2) is 6.66. The number of hydrogen-bond acceptors (Lipinski definition) is 4. The number of pyridine rings is 1. The summed E-state index contributed by atoms with van der Waals surface area (Å²) in [5, 5.41) is 4.20. The van der Waals surface area contributed by atoms with Crippen LogP contribution in [0.4, 0.5) is 0 Å². The normalized spacial score (nSPS) is 18.0. The molecule has 3 aromatic rings. The number of imidazole rings is 1. The summed E-state index contributed by atoms with van der Waals surface area (Å²) < 4.78 is 3.78. The van der Waals surface area contributed by atoms with Crippen molar-refractivity contribution in [1.82, 2.24) is 29.0 Å². The Bertz CT molecular complexity index is 882. The molecule has 130 valence electrons. The van der Waals surface area contributed by atoms with Gasteiger partial charge in [-0.25, -0.2) is 14.5 Å². The van der Waals surface area contributed by atoms with Crippen LogP contribution >= 0.6 is 0 Å². The highest BCUT2D eigenvalue weighted by Gasteiger charge is 2.28. The van der Waals surface area contributed by atoms with Crippen LogP contribution in [0.5, 0.6) is 0 Å². The first-order chi connectivity index (χ1) is 12.2. The van der Waals surface area contributed by atoms with Gasteiger partial charge in [-0.1, -0.05) is 6.07 Å². The van der Waals surface area contributed by atoms with Crippen LogP contribution in [0, 0.1) is 6.92 Å². The summed E-state index contributed by atoms with van der Waals surface area (Å²) in [5.74, 6) is 1.06. The molecule has 0 aromatic carbocycles. The maximum Gasteiger partial charge on any atom is 0.272 e. The number of hydrogen-bond donors (Lipinski definition) is 0. The molecule has 1 saturated heterocycles.